The lowest BCUT2D eigenvalue weighted by molar-refractivity contribution is -0.129. The van der Waals surface area contributed by atoms with Crippen LogP contribution in [-0.2, 0) is 15.0 Å². The minimum atomic E-state index is -0.584. The maximum atomic E-state index is 13.2. The van der Waals surface area contributed by atoms with Crippen LogP contribution in [0.1, 0.15) is 39.2 Å². The molecule has 0 atom stereocenters. The number of benzene rings is 1. The number of hydrogen-bond donors (Lipinski definition) is 2. The van der Waals surface area contributed by atoms with E-state index in [9.17, 15) is 9.59 Å². The topological polar surface area (TPSA) is 90.0 Å². The minimum absolute atomic E-state index is 0.0646. The first-order chi connectivity index (χ1) is 18.1. The van der Waals surface area contributed by atoms with Gasteiger partial charge in [-0.3, -0.25) is 15.1 Å². The molecule has 0 unspecified atom stereocenters. The molecule has 0 radical (unpaired) electrons. The van der Waals surface area contributed by atoms with E-state index in [2.05, 4.69) is 53.6 Å². The van der Waals surface area contributed by atoms with Crippen LogP contribution in [0.4, 0.5) is 16.3 Å². The van der Waals surface area contributed by atoms with E-state index < -0.39 is 5.60 Å². The van der Waals surface area contributed by atoms with Crippen LogP contribution >= 0.6 is 11.6 Å². The Morgan fingerprint density at radius 1 is 1.00 bits per heavy atom. The molecule has 2 aromatic rings. The number of pyridine rings is 1. The van der Waals surface area contributed by atoms with Gasteiger partial charge in [0.2, 0.25) is 0 Å². The van der Waals surface area contributed by atoms with Crippen molar-refractivity contribution < 1.29 is 14.4 Å². The molecular formula is C28H35ClN6O3. The SMILES string of the molecule is CC(C)(C)c1ccc(NC(=O)N2CCC3(C=C(C(=O)N4CCN(c5ncccc5Cl)CC4)NO3)CC2)cc1. The Bertz CT molecular complexity index is 1210. The zero-order valence-corrected chi connectivity index (χ0v) is 22.9. The second-order valence-electron chi connectivity index (χ2n) is 11.2. The number of piperazine rings is 1. The van der Waals surface area contributed by atoms with Crippen LogP contribution < -0.4 is 15.7 Å². The van der Waals surface area contributed by atoms with Crippen molar-refractivity contribution in [3.05, 3.63) is 65.0 Å². The summed E-state index contributed by atoms with van der Waals surface area (Å²) >= 11 is 6.28. The first-order valence-electron chi connectivity index (χ1n) is 13.1. The first kappa shape index (κ1) is 26.3. The van der Waals surface area contributed by atoms with Gasteiger partial charge in [0.05, 0.1) is 5.02 Å². The molecular weight excluding hydrogens is 504 g/mol. The third-order valence-electron chi connectivity index (χ3n) is 7.51. The number of likely N-dealkylation sites (tertiary alicyclic amines) is 1. The van der Waals surface area contributed by atoms with Gasteiger partial charge >= 0.3 is 6.03 Å². The van der Waals surface area contributed by atoms with Crippen molar-refractivity contribution >= 4 is 35.0 Å². The van der Waals surface area contributed by atoms with Crippen LogP contribution in [0.15, 0.2) is 54.4 Å². The van der Waals surface area contributed by atoms with Gasteiger partial charge in [0.25, 0.3) is 5.91 Å². The van der Waals surface area contributed by atoms with Crippen molar-refractivity contribution in [2.45, 2.75) is 44.6 Å². The Hall–Kier alpha value is -3.30. The molecule has 38 heavy (non-hydrogen) atoms. The molecule has 1 aromatic heterocycles. The molecule has 4 heterocycles. The van der Waals surface area contributed by atoms with E-state index in [0.29, 0.717) is 62.8 Å². The third kappa shape index (κ3) is 5.59. The molecule has 0 bridgehead atoms. The Balaban J connectivity index is 1.13. The number of carbonyl (C=O) groups excluding carboxylic acids is 2. The fourth-order valence-electron chi connectivity index (χ4n) is 5.08. The van der Waals surface area contributed by atoms with Crippen LogP contribution in [0.3, 0.4) is 0 Å². The number of halogens is 1. The van der Waals surface area contributed by atoms with Crippen LogP contribution in [0.5, 0.6) is 0 Å². The van der Waals surface area contributed by atoms with E-state index in [-0.39, 0.29) is 17.4 Å². The summed E-state index contributed by atoms with van der Waals surface area (Å²) in [6.45, 7) is 10.0. The summed E-state index contributed by atoms with van der Waals surface area (Å²) in [5.74, 6) is 0.673. The largest absolute Gasteiger partial charge is 0.352 e. The number of rotatable bonds is 3. The summed E-state index contributed by atoms with van der Waals surface area (Å²) in [5.41, 5.74) is 4.81. The number of nitrogens with one attached hydrogen (secondary N) is 2. The average Bonchev–Trinajstić information content (AvgIpc) is 3.32. The average molecular weight is 539 g/mol. The van der Waals surface area contributed by atoms with Gasteiger partial charge in [0, 0.05) is 64.0 Å². The lowest BCUT2D eigenvalue weighted by Gasteiger charge is -2.36. The molecule has 2 fully saturated rings. The molecule has 3 aliphatic rings. The highest BCUT2D eigenvalue weighted by Gasteiger charge is 2.42. The molecule has 3 aliphatic heterocycles. The molecule has 3 amide bonds. The number of nitrogens with zero attached hydrogens (tertiary/aromatic N) is 4. The number of piperidine rings is 1. The number of aromatic nitrogens is 1. The minimum Gasteiger partial charge on any atom is -0.352 e. The van der Waals surface area contributed by atoms with Crippen LogP contribution in [0.25, 0.3) is 0 Å². The highest BCUT2D eigenvalue weighted by atomic mass is 35.5. The Morgan fingerprint density at radius 3 is 2.32 bits per heavy atom. The summed E-state index contributed by atoms with van der Waals surface area (Å²) in [7, 11) is 0. The lowest BCUT2D eigenvalue weighted by atomic mass is 9.87. The van der Waals surface area contributed by atoms with E-state index in [1.54, 1.807) is 11.1 Å². The predicted molar refractivity (Wildman–Crippen MR) is 148 cm³/mol. The van der Waals surface area contributed by atoms with E-state index in [4.69, 9.17) is 16.4 Å². The van der Waals surface area contributed by atoms with E-state index >= 15 is 0 Å². The van der Waals surface area contributed by atoms with Crippen molar-refractivity contribution in [2.24, 2.45) is 0 Å². The predicted octanol–water partition coefficient (Wildman–Crippen LogP) is 4.17. The summed E-state index contributed by atoms with van der Waals surface area (Å²) in [5, 5.41) is 3.61. The Morgan fingerprint density at radius 2 is 1.68 bits per heavy atom. The first-order valence-corrected chi connectivity index (χ1v) is 13.5. The smallest absolute Gasteiger partial charge is 0.321 e. The fraction of sp³-hybridized carbons (Fsp3) is 0.464. The van der Waals surface area contributed by atoms with Gasteiger partial charge in [0.15, 0.2) is 0 Å². The van der Waals surface area contributed by atoms with Gasteiger partial charge in [0.1, 0.15) is 17.1 Å². The molecule has 5 rings (SSSR count). The highest BCUT2D eigenvalue weighted by Crippen LogP contribution is 2.33. The van der Waals surface area contributed by atoms with Crippen LogP contribution in [-0.4, -0.2) is 71.6 Å². The molecule has 0 aliphatic carbocycles. The summed E-state index contributed by atoms with van der Waals surface area (Å²) in [6.07, 6.45) is 4.85. The number of carbonyl (C=O) groups is 2. The number of anilines is 2. The third-order valence-corrected chi connectivity index (χ3v) is 7.80. The second-order valence-corrected chi connectivity index (χ2v) is 11.6. The number of urea groups is 1. The number of hydroxylamine groups is 1. The van der Waals surface area contributed by atoms with Gasteiger partial charge < -0.3 is 20.0 Å². The number of amides is 3. The molecule has 202 valence electrons. The maximum absolute atomic E-state index is 13.2. The number of hydrogen-bond acceptors (Lipinski definition) is 6. The van der Waals surface area contributed by atoms with Gasteiger partial charge in [-0.1, -0.05) is 44.5 Å². The molecule has 1 spiro atoms. The molecule has 10 heteroatoms. The van der Waals surface area contributed by atoms with E-state index in [1.165, 1.54) is 5.56 Å². The van der Waals surface area contributed by atoms with E-state index in [0.717, 1.165) is 11.5 Å². The molecule has 2 N–H and O–H groups in total. The Kier molecular flexibility index (Phi) is 7.24. The molecule has 1 aromatic carbocycles. The van der Waals surface area contributed by atoms with Crippen molar-refractivity contribution in [3.63, 3.8) is 0 Å². The molecule has 9 nitrogen and oxygen atoms in total. The molecule has 0 saturated carbocycles. The van der Waals surface area contributed by atoms with Crippen molar-refractivity contribution in [2.75, 3.05) is 49.5 Å². The van der Waals surface area contributed by atoms with Crippen molar-refractivity contribution in [1.82, 2.24) is 20.3 Å². The van der Waals surface area contributed by atoms with Gasteiger partial charge in [-0.05, 0) is 41.3 Å². The fourth-order valence-corrected chi connectivity index (χ4v) is 5.32. The molecule has 2 saturated heterocycles. The second kappa shape index (κ2) is 10.5. The highest BCUT2D eigenvalue weighted by molar-refractivity contribution is 6.32. The van der Waals surface area contributed by atoms with Gasteiger partial charge in [-0.25, -0.2) is 9.78 Å². The van der Waals surface area contributed by atoms with Crippen LogP contribution in [0, 0.1) is 0 Å². The lowest BCUT2D eigenvalue weighted by Crippen LogP contribution is -2.50. The van der Waals surface area contributed by atoms with Gasteiger partial charge in [-0.15, -0.1) is 0 Å². The zero-order valence-electron chi connectivity index (χ0n) is 22.2. The van der Waals surface area contributed by atoms with Crippen molar-refractivity contribution in [3.8, 4) is 0 Å². The standard InChI is InChI=1S/C28H35ClN6O3/c1-27(2,3)20-6-8-21(9-7-20)31-26(37)35-13-10-28(11-14-35)19-23(32-38-28)25(36)34-17-15-33(16-18-34)24-22(29)5-4-12-30-24/h4-9,12,19,32H,10-11,13-18H2,1-3H3,(H,31,37). The summed E-state index contributed by atoms with van der Waals surface area (Å²) < 4.78 is 0. The van der Waals surface area contributed by atoms with Gasteiger partial charge in [-0.2, -0.15) is 0 Å². The van der Waals surface area contributed by atoms with E-state index in [1.807, 2.05) is 35.2 Å². The maximum Gasteiger partial charge on any atom is 0.321 e. The summed E-state index contributed by atoms with van der Waals surface area (Å²) in [4.78, 5) is 42.0. The van der Waals surface area contributed by atoms with Crippen LogP contribution in [0.2, 0.25) is 5.02 Å². The van der Waals surface area contributed by atoms with Crippen molar-refractivity contribution in [1.29, 1.82) is 0 Å². The normalized spacial score (nSPS) is 19.3. The Labute approximate surface area is 228 Å². The quantitative estimate of drug-likeness (QED) is 0.610. The monoisotopic (exact) mass is 538 g/mol. The zero-order chi connectivity index (χ0) is 26.9. The summed E-state index contributed by atoms with van der Waals surface area (Å²) in [6, 6.07) is 11.5.